The van der Waals surface area contributed by atoms with Gasteiger partial charge < -0.3 is 4.90 Å². The first kappa shape index (κ1) is 17.1. The standard InChI is InChI=1S/C16H21NO3S2/c1-4-12(2)11-16-17(10-9-13(3)22(18,19)20)14-7-5-6-8-15(14)21-16/h4-8,11,13H,9-10H2,1-3H3,(H,18,19,20). The van der Waals surface area contributed by atoms with E-state index in [9.17, 15) is 8.42 Å². The predicted octanol–water partition coefficient (Wildman–Crippen LogP) is 4.07. The molecule has 0 spiro atoms. The molecule has 1 unspecified atom stereocenters. The number of benzene rings is 1. The van der Waals surface area contributed by atoms with E-state index in [4.69, 9.17) is 4.55 Å². The third-order valence-corrected chi connectivity index (χ3v) is 6.08. The molecular formula is C16H21NO3S2. The smallest absolute Gasteiger partial charge is 0.267 e. The first-order valence-corrected chi connectivity index (χ1v) is 9.50. The number of nitrogens with zero attached hydrogens (tertiary/aromatic N) is 1. The highest BCUT2D eigenvalue weighted by Gasteiger charge is 2.26. The normalized spacial score (nSPS) is 18.6. The van der Waals surface area contributed by atoms with Gasteiger partial charge in [0.25, 0.3) is 10.1 Å². The van der Waals surface area contributed by atoms with Crippen LogP contribution in [0.15, 0.2) is 51.9 Å². The number of rotatable bonds is 5. The lowest BCUT2D eigenvalue weighted by Gasteiger charge is -2.22. The lowest BCUT2D eigenvalue weighted by Crippen LogP contribution is -2.26. The molecule has 1 atom stereocenters. The van der Waals surface area contributed by atoms with Crippen molar-refractivity contribution in [1.82, 2.24) is 0 Å². The van der Waals surface area contributed by atoms with Crippen molar-refractivity contribution >= 4 is 27.6 Å². The summed E-state index contributed by atoms with van der Waals surface area (Å²) in [4.78, 5) is 3.28. The van der Waals surface area contributed by atoms with Gasteiger partial charge in [0.15, 0.2) is 0 Å². The Morgan fingerprint density at radius 3 is 2.73 bits per heavy atom. The molecule has 6 heteroatoms. The highest BCUT2D eigenvalue weighted by Crippen LogP contribution is 2.46. The summed E-state index contributed by atoms with van der Waals surface area (Å²) in [6.07, 6.45) is 4.51. The van der Waals surface area contributed by atoms with Gasteiger partial charge in [0, 0.05) is 11.4 Å². The largest absolute Gasteiger partial charge is 0.335 e. The van der Waals surface area contributed by atoms with E-state index in [0.717, 1.165) is 21.2 Å². The molecule has 1 aliphatic heterocycles. The van der Waals surface area contributed by atoms with Gasteiger partial charge in [-0.1, -0.05) is 35.5 Å². The average molecular weight is 339 g/mol. The average Bonchev–Trinajstić information content (AvgIpc) is 2.80. The molecule has 0 aromatic heterocycles. The van der Waals surface area contributed by atoms with Crippen molar-refractivity contribution in [3.05, 3.63) is 47.0 Å². The molecule has 0 saturated carbocycles. The molecule has 1 N–H and O–H groups in total. The highest BCUT2D eigenvalue weighted by molar-refractivity contribution is 8.03. The van der Waals surface area contributed by atoms with Crippen LogP contribution >= 0.6 is 11.8 Å². The van der Waals surface area contributed by atoms with Crippen molar-refractivity contribution in [2.24, 2.45) is 0 Å². The van der Waals surface area contributed by atoms with Crippen LogP contribution in [0.2, 0.25) is 0 Å². The summed E-state index contributed by atoms with van der Waals surface area (Å²) in [5.74, 6) is 0. The summed E-state index contributed by atoms with van der Waals surface area (Å²) in [6, 6.07) is 8.07. The lowest BCUT2D eigenvalue weighted by molar-refractivity contribution is 0.466. The Morgan fingerprint density at radius 1 is 1.41 bits per heavy atom. The number of thioether (sulfide) groups is 1. The van der Waals surface area contributed by atoms with Gasteiger partial charge in [0.05, 0.1) is 16.0 Å². The number of allylic oxidation sites excluding steroid dienone is 3. The van der Waals surface area contributed by atoms with E-state index in [1.165, 1.54) is 6.92 Å². The molecule has 120 valence electrons. The number of anilines is 1. The second kappa shape index (κ2) is 6.89. The van der Waals surface area contributed by atoms with E-state index >= 15 is 0 Å². The zero-order valence-electron chi connectivity index (χ0n) is 13.0. The molecule has 0 radical (unpaired) electrons. The summed E-state index contributed by atoms with van der Waals surface area (Å²) in [7, 11) is -3.98. The van der Waals surface area contributed by atoms with E-state index in [1.54, 1.807) is 11.8 Å². The summed E-state index contributed by atoms with van der Waals surface area (Å²) in [5.41, 5.74) is 2.24. The van der Waals surface area contributed by atoms with Gasteiger partial charge in [-0.05, 0) is 45.4 Å². The lowest BCUT2D eigenvalue weighted by atomic mass is 10.2. The molecule has 0 saturated heterocycles. The fourth-order valence-corrected chi connectivity index (χ4v) is 3.73. The van der Waals surface area contributed by atoms with Crippen LogP contribution in [0.3, 0.4) is 0 Å². The summed E-state index contributed by atoms with van der Waals surface area (Å²) in [6.45, 7) is 6.11. The van der Waals surface area contributed by atoms with E-state index in [1.807, 2.05) is 38.1 Å². The van der Waals surface area contributed by atoms with Crippen LogP contribution < -0.4 is 4.90 Å². The Bertz CT molecular complexity index is 708. The minimum absolute atomic E-state index is 0.375. The molecule has 1 aromatic carbocycles. The second-order valence-corrected chi connectivity index (χ2v) is 8.25. The van der Waals surface area contributed by atoms with E-state index in [0.29, 0.717) is 13.0 Å². The number of para-hydroxylation sites is 1. The Morgan fingerprint density at radius 2 is 2.09 bits per heavy atom. The molecule has 2 rings (SSSR count). The van der Waals surface area contributed by atoms with Crippen LogP contribution in [0.4, 0.5) is 5.69 Å². The van der Waals surface area contributed by atoms with Gasteiger partial charge in [-0.25, -0.2) is 0 Å². The minimum atomic E-state index is -3.98. The van der Waals surface area contributed by atoms with Crippen LogP contribution in [-0.4, -0.2) is 24.8 Å². The summed E-state index contributed by atoms with van der Waals surface area (Å²) < 4.78 is 31.5. The molecule has 4 nitrogen and oxygen atoms in total. The maximum atomic E-state index is 11.2. The van der Waals surface area contributed by atoms with Crippen molar-refractivity contribution < 1.29 is 13.0 Å². The van der Waals surface area contributed by atoms with E-state index < -0.39 is 15.4 Å². The van der Waals surface area contributed by atoms with Gasteiger partial charge >= 0.3 is 0 Å². The van der Waals surface area contributed by atoms with E-state index in [-0.39, 0.29) is 0 Å². The maximum Gasteiger partial charge on any atom is 0.267 e. The van der Waals surface area contributed by atoms with Gasteiger partial charge in [-0.15, -0.1) is 0 Å². The third kappa shape index (κ3) is 3.94. The van der Waals surface area contributed by atoms with Crippen LogP contribution in [0.5, 0.6) is 0 Å². The van der Waals surface area contributed by atoms with Gasteiger partial charge in [-0.3, -0.25) is 4.55 Å². The fourth-order valence-electron chi connectivity index (χ4n) is 2.13. The Balaban J connectivity index is 2.25. The predicted molar refractivity (Wildman–Crippen MR) is 92.8 cm³/mol. The van der Waals surface area contributed by atoms with Gasteiger partial charge in [-0.2, -0.15) is 8.42 Å². The van der Waals surface area contributed by atoms with Crippen LogP contribution in [0.25, 0.3) is 0 Å². The zero-order chi connectivity index (χ0) is 16.3. The van der Waals surface area contributed by atoms with Gasteiger partial charge in [0.2, 0.25) is 0 Å². The Kier molecular flexibility index (Phi) is 5.36. The second-order valence-electron chi connectivity index (χ2n) is 5.35. The zero-order valence-corrected chi connectivity index (χ0v) is 14.6. The number of hydrogen-bond acceptors (Lipinski definition) is 4. The van der Waals surface area contributed by atoms with Crippen LogP contribution in [-0.2, 0) is 10.1 Å². The molecule has 1 aliphatic rings. The summed E-state index contributed by atoms with van der Waals surface area (Å²) >= 11 is 1.68. The SMILES string of the molecule is CC=C(C)C=C1Sc2ccccc2N1CCC(C)S(=O)(=O)O. The maximum absolute atomic E-state index is 11.2. The molecule has 0 fully saturated rings. The minimum Gasteiger partial charge on any atom is -0.335 e. The van der Waals surface area contributed by atoms with Crippen molar-refractivity contribution in [2.45, 2.75) is 37.3 Å². The molecule has 0 amide bonds. The van der Waals surface area contributed by atoms with Crippen molar-refractivity contribution in [1.29, 1.82) is 0 Å². The molecule has 1 aromatic rings. The van der Waals surface area contributed by atoms with Crippen LogP contribution in [0, 0.1) is 0 Å². The van der Waals surface area contributed by atoms with Gasteiger partial charge in [0.1, 0.15) is 0 Å². The van der Waals surface area contributed by atoms with Crippen molar-refractivity contribution in [3.63, 3.8) is 0 Å². The first-order chi connectivity index (χ1) is 10.3. The quantitative estimate of drug-likeness (QED) is 0.819. The number of fused-ring (bicyclic) bond motifs is 1. The Labute approximate surface area is 136 Å². The molecule has 22 heavy (non-hydrogen) atoms. The molecule has 1 heterocycles. The van der Waals surface area contributed by atoms with Crippen molar-refractivity contribution in [2.75, 3.05) is 11.4 Å². The fraction of sp³-hybridized carbons (Fsp3) is 0.375. The third-order valence-electron chi connectivity index (χ3n) is 3.71. The molecule has 0 bridgehead atoms. The van der Waals surface area contributed by atoms with Crippen molar-refractivity contribution in [3.8, 4) is 0 Å². The Hall–Kier alpha value is -1.24. The molecular weight excluding hydrogens is 318 g/mol. The van der Waals surface area contributed by atoms with E-state index in [2.05, 4.69) is 17.0 Å². The monoisotopic (exact) mass is 339 g/mol. The summed E-state index contributed by atoms with van der Waals surface area (Å²) in [5, 5.41) is 0.314. The highest BCUT2D eigenvalue weighted by atomic mass is 32.2. The number of hydrogen-bond donors (Lipinski definition) is 1. The topological polar surface area (TPSA) is 57.6 Å². The molecule has 0 aliphatic carbocycles. The van der Waals surface area contributed by atoms with Crippen LogP contribution in [0.1, 0.15) is 27.2 Å². The first-order valence-electron chi connectivity index (χ1n) is 7.18.